The van der Waals surface area contributed by atoms with Crippen molar-refractivity contribution in [3.63, 3.8) is 0 Å². The topological polar surface area (TPSA) is 101 Å². The lowest BCUT2D eigenvalue weighted by atomic mass is 10.1. The van der Waals surface area contributed by atoms with Gasteiger partial charge in [-0.05, 0) is 48.9 Å². The average molecular weight is 578 g/mol. The van der Waals surface area contributed by atoms with Crippen LogP contribution in [0.15, 0.2) is 83.9 Å². The van der Waals surface area contributed by atoms with Gasteiger partial charge in [0.2, 0.25) is 6.79 Å². The number of aromatic nitrogens is 1. The maximum absolute atomic E-state index is 14.2. The van der Waals surface area contributed by atoms with Crippen LogP contribution >= 0.6 is 0 Å². The van der Waals surface area contributed by atoms with E-state index in [2.05, 4.69) is 16.8 Å². The van der Waals surface area contributed by atoms with Crippen LogP contribution in [0.1, 0.15) is 25.3 Å². The van der Waals surface area contributed by atoms with Crippen LogP contribution in [-0.2, 0) is 16.6 Å². The smallest absolute Gasteiger partial charge is 0.266 e. The molecule has 1 aliphatic heterocycles. The standard InChI is InChI=1S/C31H35N3O6S/c1-2-3-15-33(17-19-38-26-11-5-4-6-12-26)22-25-20-28-29(40-23-39-28)21-27(25)34(16-18-35)41(36,37)30-13-7-9-24-10-8-14-32-31(24)30/h4-14,20-21,35H,2-3,15-19,22-23H2,1H3. The summed E-state index contributed by atoms with van der Waals surface area (Å²) in [5.74, 6) is 1.83. The fraction of sp³-hybridized carbons (Fsp3) is 0.323. The van der Waals surface area contributed by atoms with Crippen molar-refractivity contribution in [3.8, 4) is 17.2 Å². The zero-order valence-corrected chi connectivity index (χ0v) is 23.9. The van der Waals surface area contributed by atoms with Crippen LogP contribution < -0.4 is 18.5 Å². The number of nitrogens with zero attached hydrogens (tertiary/aromatic N) is 3. The number of unbranched alkanes of at least 4 members (excludes halogenated alkanes) is 1. The van der Waals surface area contributed by atoms with Gasteiger partial charge in [-0.3, -0.25) is 14.2 Å². The molecule has 0 unspecified atom stereocenters. The van der Waals surface area contributed by atoms with Crippen LogP contribution in [0.3, 0.4) is 0 Å². The molecule has 0 bridgehead atoms. The highest BCUT2D eigenvalue weighted by Gasteiger charge is 2.31. The molecule has 1 aromatic heterocycles. The van der Waals surface area contributed by atoms with E-state index >= 15 is 0 Å². The number of benzene rings is 3. The van der Waals surface area contributed by atoms with Crippen molar-refractivity contribution in [1.82, 2.24) is 9.88 Å². The lowest BCUT2D eigenvalue weighted by Crippen LogP contribution is -2.36. The Balaban J connectivity index is 1.50. The molecule has 2 heterocycles. The molecule has 5 rings (SSSR count). The van der Waals surface area contributed by atoms with Crippen LogP contribution in [0.5, 0.6) is 17.2 Å². The second-order valence-corrected chi connectivity index (χ2v) is 11.6. The van der Waals surface area contributed by atoms with Crippen molar-refractivity contribution < 1.29 is 27.7 Å². The van der Waals surface area contributed by atoms with Crippen LogP contribution in [-0.4, -0.2) is 63.0 Å². The number of fused-ring (bicyclic) bond motifs is 2. The SMILES string of the molecule is CCCCN(CCOc1ccccc1)Cc1cc2c(cc1N(CCO)S(=O)(=O)c1cccc3cccnc13)OCO2. The zero-order chi connectivity index (χ0) is 28.7. The number of pyridine rings is 1. The summed E-state index contributed by atoms with van der Waals surface area (Å²) in [6.07, 6.45) is 3.57. The van der Waals surface area contributed by atoms with Gasteiger partial charge in [-0.1, -0.05) is 49.7 Å². The summed E-state index contributed by atoms with van der Waals surface area (Å²) in [5.41, 5.74) is 1.56. The Bertz CT molecular complexity index is 1560. The number of para-hydroxylation sites is 2. The van der Waals surface area contributed by atoms with E-state index in [1.165, 1.54) is 4.31 Å². The van der Waals surface area contributed by atoms with E-state index in [0.29, 0.717) is 47.8 Å². The highest BCUT2D eigenvalue weighted by molar-refractivity contribution is 7.93. The molecule has 9 nitrogen and oxygen atoms in total. The van der Waals surface area contributed by atoms with Gasteiger partial charge in [-0.15, -0.1) is 0 Å². The summed E-state index contributed by atoms with van der Waals surface area (Å²) in [4.78, 5) is 6.69. The fourth-order valence-electron chi connectivity index (χ4n) is 4.90. The first-order valence-corrected chi connectivity index (χ1v) is 15.3. The summed E-state index contributed by atoms with van der Waals surface area (Å²) in [5, 5.41) is 10.7. The first-order valence-electron chi connectivity index (χ1n) is 13.8. The number of aliphatic hydroxyl groups is 1. The third-order valence-electron chi connectivity index (χ3n) is 6.95. The normalized spacial score (nSPS) is 12.7. The number of ether oxygens (including phenoxy) is 3. The quantitative estimate of drug-likeness (QED) is 0.227. The van der Waals surface area contributed by atoms with Crippen molar-refractivity contribution >= 4 is 26.6 Å². The first-order chi connectivity index (χ1) is 20.0. The molecule has 10 heteroatoms. The molecule has 1 N–H and O–H groups in total. The molecule has 0 fully saturated rings. The molecule has 3 aromatic carbocycles. The number of rotatable bonds is 14. The molecule has 4 aromatic rings. The molecule has 0 saturated carbocycles. The predicted octanol–water partition coefficient (Wildman–Crippen LogP) is 4.83. The largest absolute Gasteiger partial charge is 0.492 e. The second-order valence-electron chi connectivity index (χ2n) is 9.76. The van der Waals surface area contributed by atoms with Crippen LogP contribution in [0, 0.1) is 0 Å². The number of anilines is 1. The molecular formula is C31H35N3O6S. The highest BCUT2D eigenvalue weighted by atomic mass is 32.2. The molecular weight excluding hydrogens is 542 g/mol. The number of hydrogen-bond donors (Lipinski definition) is 1. The van der Waals surface area contributed by atoms with Gasteiger partial charge in [0.05, 0.1) is 24.4 Å². The van der Waals surface area contributed by atoms with Crippen molar-refractivity contribution in [2.45, 2.75) is 31.2 Å². The number of hydrogen-bond acceptors (Lipinski definition) is 8. The second kappa shape index (κ2) is 13.2. The molecule has 0 saturated heterocycles. The highest BCUT2D eigenvalue weighted by Crippen LogP contribution is 2.41. The molecule has 0 amide bonds. The minimum absolute atomic E-state index is 0.0582. The van der Waals surface area contributed by atoms with Crippen LogP contribution in [0.25, 0.3) is 10.9 Å². The third kappa shape index (κ3) is 6.56. The third-order valence-corrected chi connectivity index (χ3v) is 8.80. The Kier molecular flexibility index (Phi) is 9.23. The minimum Gasteiger partial charge on any atom is -0.492 e. The van der Waals surface area contributed by atoms with Gasteiger partial charge >= 0.3 is 0 Å². The van der Waals surface area contributed by atoms with Crippen molar-refractivity contribution in [3.05, 3.63) is 84.6 Å². The van der Waals surface area contributed by atoms with Gasteiger partial charge in [0.1, 0.15) is 17.3 Å². The van der Waals surface area contributed by atoms with Gasteiger partial charge < -0.3 is 19.3 Å². The number of aliphatic hydroxyl groups excluding tert-OH is 1. The molecule has 0 spiro atoms. The molecule has 0 aliphatic carbocycles. The van der Waals surface area contributed by atoms with E-state index in [4.69, 9.17) is 14.2 Å². The Labute approximate surface area is 241 Å². The molecule has 1 aliphatic rings. The Morgan fingerprint density at radius 2 is 1.73 bits per heavy atom. The van der Waals surface area contributed by atoms with E-state index in [1.54, 1.807) is 30.5 Å². The lowest BCUT2D eigenvalue weighted by Gasteiger charge is -2.29. The van der Waals surface area contributed by atoms with E-state index in [0.717, 1.165) is 30.7 Å². The minimum atomic E-state index is -4.12. The summed E-state index contributed by atoms with van der Waals surface area (Å²) in [7, 11) is -4.12. The fourth-order valence-corrected chi connectivity index (χ4v) is 6.55. The average Bonchev–Trinajstić information content (AvgIpc) is 3.45. The van der Waals surface area contributed by atoms with Gasteiger partial charge in [-0.2, -0.15) is 0 Å². The molecule has 216 valence electrons. The maximum atomic E-state index is 14.2. The van der Waals surface area contributed by atoms with Gasteiger partial charge in [0.15, 0.2) is 11.5 Å². The lowest BCUT2D eigenvalue weighted by molar-refractivity contribution is 0.173. The predicted molar refractivity (Wildman–Crippen MR) is 158 cm³/mol. The molecule has 41 heavy (non-hydrogen) atoms. The Morgan fingerprint density at radius 1 is 0.951 bits per heavy atom. The van der Waals surface area contributed by atoms with Gasteiger partial charge in [-0.25, -0.2) is 8.42 Å². The molecule has 0 radical (unpaired) electrons. The summed E-state index contributed by atoms with van der Waals surface area (Å²) >= 11 is 0. The Morgan fingerprint density at radius 3 is 2.51 bits per heavy atom. The van der Waals surface area contributed by atoms with E-state index < -0.39 is 10.0 Å². The van der Waals surface area contributed by atoms with Crippen LogP contribution in [0.4, 0.5) is 5.69 Å². The van der Waals surface area contributed by atoms with Gasteiger partial charge in [0, 0.05) is 30.7 Å². The summed E-state index contributed by atoms with van der Waals surface area (Å²) < 4.78 is 47.0. The van der Waals surface area contributed by atoms with Crippen molar-refractivity contribution in [1.29, 1.82) is 0 Å². The monoisotopic (exact) mass is 577 g/mol. The maximum Gasteiger partial charge on any atom is 0.266 e. The zero-order valence-electron chi connectivity index (χ0n) is 23.1. The number of sulfonamides is 1. The first kappa shape index (κ1) is 28.7. The molecule has 0 atom stereocenters. The summed E-state index contributed by atoms with van der Waals surface area (Å²) in [6.45, 7) is 4.08. The van der Waals surface area contributed by atoms with E-state index in [9.17, 15) is 13.5 Å². The summed E-state index contributed by atoms with van der Waals surface area (Å²) in [6, 6.07) is 21.9. The van der Waals surface area contributed by atoms with E-state index in [1.807, 2.05) is 48.5 Å². The van der Waals surface area contributed by atoms with E-state index in [-0.39, 0.29) is 24.8 Å². The Hall–Kier alpha value is -3.86. The van der Waals surface area contributed by atoms with Crippen molar-refractivity contribution in [2.75, 3.05) is 43.9 Å². The van der Waals surface area contributed by atoms with Crippen molar-refractivity contribution in [2.24, 2.45) is 0 Å². The van der Waals surface area contributed by atoms with Crippen LogP contribution in [0.2, 0.25) is 0 Å². The van der Waals surface area contributed by atoms with Gasteiger partial charge in [0.25, 0.3) is 10.0 Å².